The van der Waals surface area contributed by atoms with Crippen LogP contribution >= 0.6 is 11.3 Å². The van der Waals surface area contributed by atoms with Gasteiger partial charge in [0, 0.05) is 12.1 Å². The number of amides is 1. The molecule has 2 aromatic carbocycles. The van der Waals surface area contributed by atoms with Crippen molar-refractivity contribution in [1.29, 1.82) is 0 Å². The Labute approximate surface area is 183 Å². The van der Waals surface area contributed by atoms with Crippen LogP contribution in [0.2, 0.25) is 0 Å². The Kier molecular flexibility index (Phi) is 7.23. The lowest BCUT2D eigenvalue weighted by molar-refractivity contribution is -0.115. The fourth-order valence-corrected chi connectivity index (χ4v) is 4.87. The molecule has 3 rings (SSSR count). The van der Waals surface area contributed by atoms with Crippen molar-refractivity contribution in [3.05, 3.63) is 53.7 Å². The maximum absolute atomic E-state index is 13.1. The van der Waals surface area contributed by atoms with Crippen LogP contribution in [0.15, 0.2) is 47.4 Å². The van der Waals surface area contributed by atoms with Crippen LogP contribution < -0.4 is 14.8 Å². The maximum Gasteiger partial charge on any atom is 0.225 e. The topological polar surface area (TPSA) is 80.3 Å². The number of thiazole rings is 1. The van der Waals surface area contributed by atoms with Crippen LogP contribution in [0.3, 0.4) is 0 Å². The van der Waals surface area contributed by atoms with Crippen molar-refractivity contribution in [3.63, 3.8) is 0 Å². The van der Waals surface area contributed by atoms with E-state index in [1.54, 1.807) is 20.1 Å². The number of carbonyl (C=O) groups is 1. The van der Waals surface area contributed by atoms with Crippen molar-refractivity contribution >= 4 is 39.0 Å². The number of rotatable bonds is 8. The first-order valence-electron chi connectivity index (χ1n) is 9.68. The molecule has 0 radical (unpaired) electrons. The zero-order valence-electron chi connectivity index (χ0n) is 17.4. The van der Waals surface area contributed by atoms with E-state index in [0.29, 0.717) is 22.2 Å². The average molecular weight is 444 g/mol. The minimum absolute atomic E-state index is 0.0786. The molecule has 8 heteroatoms. The number of nitrogens with one attached hydrogen (secondary N) is 2. The number of ether oxygens (including phenoxy) is 1. The number of benzene rings is 2. The van der Waals surface area contributed by atoms with E-state index in [-0.39, 0.29) is 5.91 Å². The van der Waals surface area contributed by atoms with Gasteiger partial charge >= 0.3 is 0 Å². The highest BCUT2D eigenvalue weighted by molar-refractivity contribution is 7.86. The Bertz CT molecular complexity index is 1060. The second kappa shape index (κ2) is 9.86. The molecule has 0 aliphatic heterocycles. The van der Waals surface area contributed by atoms with Crippen LogP contribution in [0.4, 0.5) is 10.8 Å². The molecule has 0 spiro atoms. The van der Waals surface area contributed by atoms with Crippen molar-refractivity contribution in [2.75, 3.05) is 17.1 Å². The molecule has 3 aromatic rings. The van der Waals surface area contributed by atoms with Gasteiger partial charge in [-0.25, -0.2) is 9.19 Å². The van der Waals surface area contributed by atoms with Crippen molar-refractivity contribution in [2.24, 2.45) is 0 Å². The van der Waals surface area contributed by atoms with Gasteiger partial charge in [0.15, 0.2) is 16.1 Å². The molecular formula is C22H25N3O3S2. The molecule has 0 bridgehead atoms. The highest BCUT2D eigenvalue weighted by Gasteiger charge is 2.17. The first-order chi connectivity index (χ1) is 14.4. The molecule has 30 heavy (non-hydrogen) atoms. The first kappa shape index (κ1) is 22.0. The average Bonchev–Trinajstić information content (AvgIpc) is 3.13. The fraction of sp³-hybridized carbons (Fsp3) is 0.273. The lowest BCUT2D eigenvalue weighted by Crippen LogP contribution is -2.08. The number of aryl methyl sites for hydroxylation is 2. The van der Waals surface area contributed by atoms with Crippen molar-refractivity contribution in [1.82, 2.24) is 4.98 Å². The summed E-state index contributed by atoms with van der Waals surface area (Å²) in [5.74, 6) is 0.460. The van der Waals surface area contributed by atoms with Gasteiger partial charge in [-0.2, -0.15) is 0 Å². The van der Waals surface area contributed by atoms with Gasteiger partial charge in [-0.15, -0.1) is 0 Å². The molecule has 0 aliphatic carbocycles. The molecule has 0 saturated heterocycles. The zero-order chi connectivity index (χ0) is 21.7. The maximum atomic E-state index is 13.1. The number of hydrogen-bond acceptors (Lipinski definition) is 5. The molecule has 158 valence electrons. The van der Waals surface area contributed by atoms with E-state index in [4.69, 9.17) is 4.74 Å². The molecule has 1 aromatic heterocycles. The quantitative estimate of drug-likeness (QED) is 0.503. The zero-order valence-corrected chi connectivity index (χ0v) is 19.1. The summed E-state index contributed by atoms with van der Waals surface area (Å²) in [6.45, 7) is 5.78. The number of hydrogen-bond donors (Lipinski definition) is 2. The standard InChI is InChI=1S/C22H25N3O3S2/c1-5-15-7-10-17(11-8-15)25-30(27)19-13-16(9-12-18(19)28-4)21-14(3)23-22(29-21)24-20(26)6-2/h7-13,25H,5-6H2,1-4H3,(H,23,24,26). The molecule has 1 atom stereocenters. The number of carbonyl (C=O) groups excluding carboxylic acids is 1. The first-order valence-corrected chi connectivity index (χ1v) is 11.6. The highest BCUT2D eigenvalue weighted by Crippen LogP contribution is 2.36. The molecule has 0 aliphatic rings. The smallest absolute Gasteiger partial charge is 0.225 e. The predicted octanol–water partition coefficient (Wildman–Crippen LogP) is 5.17. The monoisotopic (exact) mass is 443 g/mol. The molecular weight excluding hydrogens is 418 g/mol. The summed E-state index contributed by atoms with van der Waals surface area (Å²) < 4.78 is 21.5. The SMILES string of the molecule is CCC(=O)Nc1nc(C)c(-c2ccc(OC)c(S(=O)Nc3ccc(CC)cc3)c2)s1. The van der Waals surface area contributed by atoms with Gasteiger partial charge in [0.25, 0.3) is 0 Å². The molecule has 0 saturated carbocycles. The van der Waals surface area contributed by atoms with Gasteiger partial charge in [0.05, 0.1) is 17.7 Å². The fourth-order valence-electron chi connectivity index (χ4n) is 2.86. The summed E-state index contributed by atoms with van der Waals surface area (Å²) in [4.78, 5) is 17.6. The van der Waals surface area contributed by atoms with E-state index in [0.717, 1.165) is 28.2 Å². The van der Waals surface area contributed by atoms with Crippen molar-refractivity contribution < 1.29 is 13.7 Å². The van der Waals surface area contributed by atoms with Crippen LogP contribution in [-0.2, 0) is 22.2 Å². The Morgan fingerprint density at radius 1 is 1.17 bits per heavy atom. The summed E-state index contributed by atoms with van der Waals surface area (Å²) in [7, 11) is 0.0483. The molecule has 0 fully saturated rings. The largest absolute Gasteiger partial charge is 0.495 e. The van der Waals surface area contributed by atoms with Gasteiger partial charge in [-0.1, -0.05) is 37.3 Å². The third-order valence-corrected chi connectivity index (χ3v) is 6.82. The number of nitrogens with zero attached hydrogens (tertiary/aromatic N) is 1. The van der Waals surface area contributed by atoms with Crippen molar-refractivity contribution in [3.8, 4) is 16.2 Å². The Hall–Kier alpha value is -2.71. The van der Waals surface area contributed by atoms with E-state index in [9.17, 15) is 9.00 Å². The Balaban J connectivity index is 1.89. The third-order valence-electron chi connectivity index (χ3n) is 4.56. The normalized spacial score (nSPS) is 11.7. The highest BCUT2D eigenvalue weighted by atomic mass is 32.2. The number of methoxy groups -OCH3 is 1. The van der Waals surface area contributed by atoms with E-state index in [2.05, 4.69) is 21.9 Å². The number of aromatic nitrogens is 1. The molecule has 1 amide bonds. The Morgan fingerprint density at radius 2 is 1.90 bits per heavy atom. The Morgan fingerprint density at radius 3 is 2.53 bits per heavy atom. The van der Waals surface area contributed by atoms with E-state index in [1.807, 2.05) is 43.3 Å². The summed E-state index contributed by atoms with van der Waals surface area (Å²) in [6, 6.07) is 13.4. The second-order valence-corrected chi connectivity index (χ2v) is 8.80. The van der Waals surface area contributed by atoms with Crippen LogP contribution in [0, 0.1) is 6.92 Å². The lowest BCUT2D eigenvalue weighted by atomic mass is 10.1. The minimum atomic E-state index is -1.51. The summed E-state index contributed by atoms with van der Waals surface area (Å²) in [5.41, 5.74) is 3.67. The van der Waals surface area contributed by atoms with Crippen LogP contribution in [0.1, 0.15) is 31.5 Å². The van der Waals surface area contributed by atoms with Crippen LogP contribution in [0.25, 0.3) is 10.4 Å². The molecule has 1 heterocycles. The second-order valence-electron chi connectivity index (χ2n) is 6.62. The third kappa shape index (κ3) is 5.06. The molecule has 2 N–H and O–H groups in total. The lowest BCUT2D eigenvalue weighted by Gasteiger charge is -2.12. The summed E-state index contributed by atoms with van der Waals surface area (Å²) >= 11 is 1.40. The van der Waals surface area contributed by atoms with Gasteiger partial charge in [0.1, 0.15) is 10.6 Å². The predicted molar refractivity (Wildman–Crippen MR) is 124 cm³/mol. The van der Waals surface area contributed by atoms with Crippen LogP contribution in [0.5, 0.6) is 5.75 Å². The van der Waals surface area contributed by atoms with Crippen molar-refractivity contribution in [2.45, 2.75) is 38.5 Å². The molecule has 6 nitrogen and oxygen atoms in total. The van der Waals surface area contributed by atoms with E-state index in [1.165, 1.54) is 16.9 Å². The van der Waals surface area contributed by atoms with E-state index >= 15 is 0 Å². The summed E-state index contributed by atoms with van der Waals surface area (Å²) in [6.07, 6.45) is 1.35. The van der Waals surface area contributed by atoms with E-state index < -0.39 is 11.0 Å². The van der Waals surface area contributed by atoms with Crippen LogP contribution in [-0.4, -0.2) is 22.2 Å². The number of anilines is 2. The van der Waals surface area contributed by atoms with Gasteiger partial charge in [-0.3, -0.25) is 4.79 Å². The van der Waals surface area contributed by atoms with Gasteiger partial charge in [-0.05, 0) is 54.8 Å². The molecule has 1 unspecified atom stereocenters. The minimum Gasteiger partial charge on any atom is -0.495 e. The van der Waals surface area contributed by atoms with Gasteiger partial charge in [0.2, 0.25) is 5.91 Å². The summed E-state index contributed by atoms with van der Waals surface area (Å²) in [5, 5.41) is 3.35. The van der Waals surface area contributed by atoms with Gasteiger partial charge < -0.3 is 14.8 Å².